The van der Waals surface area contributed by atoms with Gasteiger partial charge in [0.15, 0.2) is 0 Å². The zero-order chi connectivity index (χ0) is 14.7. The Labute approximate surface area is 138 Å². The fourth-order valence-electron chi connectivity index (χ4n) is 3.35. The minimum absolute atomic E-state index is 0. The molecule has 2 saturated heterocycles. The Kier molecular flexibility index (Phi) is 5.84. The highest BCUT2D eigenvalue weighted by Gasteiger charge is 2.42. The molecular weight excluding hydrogens is 300 g/mol. The van der Waals surface area contributed by atoms with Gasteiger partial charge in [-0.25, -0.2) is 0 Å². The fourth-order valence-corrected chi connectivity index (χ4v) is 3.35. The van der Waals surface area contributed by atoms with Crippen LogP contribution in [-0.4, -0.2) is 38.8 Å². The molecule has 0 unspecified atom stereocenters. The predicted octanol–water partition coefficient (Wildman–Crippen LogP) is 1.80. The van der Waals surface area contributed by atoms with E-state index in [1.54, 1.807) is 0 Å². The van der Waals surface area contributed by atoms with Crippen LogP contribution in [0.3, 0.4) is 0 Å². The number of carbonyl (C=O) groups excluding carboxylic acids is 1. The number of aryl methyl sites for hydroxylation is 1. The van der Waals surface area contributed by atoms with Crippen LogP contribution in [0.25, 0.3) is 0 Å². The number of benzene rings is 1. The molecule has 0 radical (unpaired) electrons. The molecule has 0 atom stereocenters. The molecule has 0 aromatic heterocycles. The average Bonchev–Trinajstić information content (AvgIpc) is 2.46. The van der Waals surface area contributed by atoms with Crippen LogP contribution in [0.1, 0.15) is 24.0 Å². The third-order valence-electron chi connectivity index (χ3n) is 4.86. The lowest BCUT2D eigenvalue weighted by Gasteiger charge is -2.38. The smallest absolute Gasteiger partial charge is 0.230 e. The highest BCUT2D eigenvalue weighted by Crippen LogP contribution is 2.37. The number of rotatable bonds is 4. The van der Waals surface area contributed by atoms with E-state index < -0.39 is 5.41 Å². The van der Waals surface area contributed by atoms with Crippen molar-refractivity contribution in [3.8, 4) is 0 Å². The summed E-state index contributed by atoms with van der Waals surface area (Å²) in [4.78, 5) is 12.9. The molecule has 2 aliphatic rings. The molecular formula is C17H25ClN2O2. The van der Waals surface area contributed by atoms with Crippen molar-refractivity contribution in [2.45, 2.75) is 25.2 Å². The molecule has 1 amide bonds. The van der Waals surface area contributed by atoms with Crippen molar-refractivity contribution >= 4 is 18.3 Å². The van der Waals surface area contributed by atoms with Gasteiger partial charge in [0.2, 0.25) is 5.91 Å². The normalized spacial score (nSPS) is 20.6. The summed E-state index contributed by atoms with van der Waals surface area (Å²) in [5.41, 5.74) is 1.94. The summed E-state index contributed by atoms with van der Waals surface area (Å²) in [7, 11) is 0. The molecule has 1 aromatic rings. The zero-order valence-corrected chi connectivity index (χ0v) is 13.9. The second-order valence-electron chi connectivity index (χ2n) is 6.24. The number of ether oxygens (including phenoxy) is 1. The van der Waals surface area contributed by atoms with Crippen LogP contribution < -0.4 is 10.6 Å². The molecule has 2 heterocycles. The van der Waals surface area contributed by atoms with Crippen LogP contribution in [0.15, 0.2) is 24.3 Å². The lowest BCUT2D eigenvalue weighted by molar-refractivity contribution is -0.130. The predicted molar refractivity (Wildman–Crippen MR) is 89.5 cm³/mol. The molecule has 2 aliphatic heterocycles. The summed E-state index contributed by atoms with van der Waals surface area (Å²) in [5, 5.41) is 6.43. The van der Waals surface area contributed by atoms with Gasteiger partial charge in [0.1, 0.15) is 0 Å². The lowest BCUT2D eigenvalue weighted by Crippen LogP contribution is -2.53. The number of amides is 1. The van der Waals surface area contributed by atoms with E-state index in [-0.39, 0.29) is 18.3 Å². The molecule has 2 fully saturated rings. The van der Waals surface area contributed by atoms with E-state index in [1.807, 2.05) is 12.1 Å². The van der Waals surface area contributed by atoms with Crippen LogP contribution in [-0.2, 0) is 14.9 Å². The monoisotopic (exact) mass is 324 g/mol. The molecule has 4 nitrogen and oxygen atoms in total. The van der Waals surface area contributed by atoms with Crippen molar-refractivity contribution in [2.24, 2.45) is 5.92 Å². The maximum Gasteiger partial charge on any atom is 0.230 e. The van der Waals surface area contributed by atoms with Gasteiger partial charge in [-0.05, 0) is 30.9 Å². The summed E-state index contributed by atoms with van der Waals surface area (Å²) in [6.45, 7) is 6.22. The third-order valence-corrected chi connectivity index (χ3v) is 4.86. The molecule has 0 bridgehead atoms. The number of halogens is 1. The van der Waals surface area contributed by atoms with Gasteiger partial charge in [-0.1, -0.05) is 24.3 Å². The van der Waals surface area contributed by atoms with E-state index in [4.69, 9.17) is 4.74 Å². The topological polar surface area (TPSA) is 50.4 Å². The quantitative estimate of drug-likeness (QED) is 0.888. The first-order valence-electron chi connectivity index (χ1n) is 7.85. The average molecular weight is 325 g/mol. The number of hydrogen-bond acceptors (Lipinski definition) is 3. The van der Waals surface area contributed by atoms with Gasteiger partial charge in [0, 0.05) is 38.8 Å². The summed E-state index contributed by atoms with van der Waals surface area (Å²) >= 11 is 0. The summed E-state index contributed by atoms with van der Waals surface area (Å²) < 4.78 is 5.50. The molecule has 2 N–H and O–H groups in total. The molecule has 0 saturated carbocycles. The largest absolute Gasteiger partial charge is 0.381 e. The first kappa shape index (κ1) is 17.3. The minimum atomic E-state index is -0.416. The van der Waals surface area contributed by atoms with E-state index in [0.717, 1.165) is 38.0 Å². The number of nitrogens with one attached hydrogen (secondary N) is 2. The summed E-state index contributed by atoms with van der Waals surface area (Å²) in [6, 6.07) is 8.26. The Hall–Kier alpha value is -1.10. The third kappa shape index (κ3) is 3.29. The van der Waals surface area contributed by atoms with E-state index in [1.165, 1.54) is 5.56 Å². The van der Waals surface area contributed by atoms with E-state index in [0.29, 0.717) is 19.1 Å². The van der Waals surface area contributed by atoms with Crippen molar-refractivity contribution in [3.05, 3.63) is 35.4 Å². The fraction of sp³-hybridized carbons (Fsp3) is 0.588. The molecule has 122 valence electrons. The molecule has 5 heteroatoms. The van der Waals surface area contributed by atoms with Crippen molar-refractivity contribution in [1.82, 2.24) is 10.6 Å². The van der Waals surface area contributed by atoms with Crippen LogP contribution in [0.2, 0.25) is 0 Å². The van der Waals surface area contributed by atoms with E-state index in [9.17, 15) is 4.79 Å². The maximum atomic E-state index is 12.9. The van der Waals surface area contributed by atoms with Gasteiger partial charge in [0.05, 0.1) is 5.41 Å². The van der Waals surface area contributed by atoms with Gasteiger partial charge >= 0.3 is 0 Å². The Morgan fingerprint density at radius 3 is 2.59 bits per heavy atom. The van der Waals surface area contributed by atoms with Gasteiger partial charge in [-0.15, -0.1) is 12.4 Å². The van der Waals surface area contributed by atoms with Crippen molar-refractivity contribution in [1.29, 1.82) is 0 Å². The number of hydrogen-bond donors (Lipinski definition) is 2. The second kappa shape index (κ2) is 7.44. The molecule has 22 heavy (non-hydrogen) atoms. The Bertz CT molecular complexity index is 511. The SMILES string of the molecule is Cc1ccccc1C1(C(=O)NCC2CNC2)CCOCC1.Cl. The van der Waals surface area contributed by atoms with E-state index >= 15 is 0 Å². The van der Waals surface area contributed by atoms with Gasteiger partial charge < -0.3 is 15.4 Å². The van der Waals surface area contributed by atoms with Crippen molar-refractivity contribution < 1.29 is 9.53 Å². The van der Waals surface area contributed by atoms with Gasteiger partial charge in [-0.2, -0.15) is 0 Å². The Balaban J connectivity index is 0.00000176. The van der Waals surface area contributed by atoms with E-state index in [2.05, 4.69) is 29.7 Å². The minimum Gasteiger partial charge on any atom is -0.381 e. The molecule has 0 spiro atoms. The van der Waals surface area contributed by atoms with Crippen molar-refractivity contribution in [3.63, 3.8) is 0 Å². The first-order chi connectivity index (χ1) is 10.2. The number of carbonyl (C=O) groups is 1. The van der Waals surface area contributed by atoms with Crippen LogP contribution >= 0.6 is 12.4 Å². The maximum absolute atomic E-state index is 12.9. The lowest BCUT2D eigenvalue weighted by atomic mass is 9.71. The van der Waals surface area contributed by atoms with Crippen LogP contribution in [0.4, 0.5) is 0 Å². The standard InChI is InChI=1S/C17H24N2O2.ClH/c1-13-4-2-3-5-15(13)17(6-8-21-9-7-17)16(20)19-12-14-10-18-11-14;/h2-5,14,18H,6-12H2,1H3,(H,19,20);1H. The zero-order valence-electron chi connectivity index (χ0n) is 13.1. The highest BCUT2D eigenvalue weighted by molar-refractivity contribution is 5.88. The van der Waals surface area contributed by atoms with Gasteiger partial charge in [-0.3, -0.25) is 4.79 Å². The molecule has 3 rings (SSSR count). The van der Waals surface area contributed by atoms with Gasteiger partial charge in [0.25, 0.3) is 0 Å². The molecule has 0 aliphatic carbocycles. The highest BCUT2D eigenvalue weighted by atomic mass is 35.5. The Morgan fingerprint density at radius 1 is 1.32 bits per heavy atom. The van der Waals surface area contributed by atoms with Crippen LogP contribution in [0.5, 0.6) is 0 Å². The van der Waals surface area contributed by atoms with Crippen LogP contribution in [0, 0.1) is 12.8 Å². The van der Waals surface area contributed by atoms with Crippen molar-refractivity contribution in [2.75, 3.05) is 32.8 Å². The summed E-state index contributed by atoms with van der Waals surface area (Å²) in [5.74, 6) is 0.759. The Morgan fingerprint density at radius 2 is 2.00 bits per heavy atom. The molecule has 1 aromatic carbocycles. The first-order valence-corrected chi connectivity index (χ1v) is 7.85. The summed E-state index contributed by atoms with van der Waals surface area (Å²) in [6.07, 6.45) is 1.54. The second-order valence-corrected chi connectivity index (χ2v) is 6.24.